The van der Waals surface area contributed by atoms with Gasteiger partial charge >= 0.3 is 0 Å². The summed E-state index contributed by atoms with van der Waals surface area (Å²) in [5.41, 5.74) is 5.66. The van der Waals surface area contributed by atoms with E-state index in [0.29, 0.717) is 18.9 Å². The number of amides is 1. The molecule has 1 amide bonds. The third kappa shape index (κ3) is 6.50. The van der Waals surface area contributed by atoms with Crippen molar-refractivity contribution >= 4 is 5.91 Å². The second-order valence-corrected chi connectivity index (χ2v) is 5.55. The number of hydrogen-bond donors (Lipinski definition) is 1. The first-order valence-electron chi connectivity index (χ1n) is 5.72. The monoisotopic (exact) mass is 214 g/mol. The van der Waals surface area contributed by atoms with Crippen LogP contribution in [0.2, 0.25) is 0 Å². The predicted octanol–water partition coefficient (Wildman–Crippen LogP) is 1.87. The first-order chi connectivity index (χ1) is 6.78. The lowest BCUT2D eigenvalue weighted by Crippen LogP contribution is -2.39. The molecule has 3 nitrogen and oxygen atoms in total. The van der Waals surface area contributed by atoms with Gasteiger partial charge in [-0.3, -0.25) is 4.79 Å². The van der Waals surface area contributed by atoms with E-state index in [4.69, 9.17) is 5.73 Å². The standard InChI is InChI=1S/C12H26N2O/c1-10(2)6-7-11(15)14(5)9-12(3,4)8-13/h10H,6-9,13H2,1-5H3. The van der Waals surface area contributed by atoms with E-state index in [9.17, 15) is 4.79 Å². The maximum atomic E-state index is 11.7. The number of nitrogens with zero attached hydrogens (tertiary/aromatic N) is 1. The van der Waals surface area contributed by atoms with Crippen LogP contribution in [-0.2, 0) is 4.79 Å². The normalized spacial score (nSPS) is 11.9. The molecule has 0 aliphatic carbocycles. The SMILES string of the molecule is CC(C)CCC(=O)N(C)CC(C)(C)CN. The molecule has 0 heterocycles. The highest BCUT2D eigenvalue weighted by Crippen LogP contribution is 2.15. The number of rotatable bonds is 6. The van der Waals surface area contributed by atoms with Gasteiger partial charge in [-0.05, 0) is 24.3 Å². The fraction of sp³-hybridized carbons (Fsp3) is 0.917. The van der Waals surface area contributed by atoms with Crippen molar-refractivity contribution in [3.05, 3.63) is 0 Å². The van der Waals surface area contributed by atoms with Crippen LogP contribution in [-0.4, -0.2) is 30.9 Å². The van der Waals surface area contributed by atoms with Crippen LogP contribution < -0.4 is 5.73 Å². The highest BCUT2D eigenvalue weighted by Gasteiger charge is 2.20. The molecule has 15 heavy (non-hydrogen) atoms. The summed E-state index contributed by atoms with van der Waals surface area (Å²) < 4.78 is 0. The zero-order valence-electron chi connectivity index (χ0n) is 10.8. The molecule has 0 bridgehead atoms. The molecule has 0 fully saturated rings. The lowest BCUT2D eigenvalue weighted by Gasteiger charge is -2.29. The summed E-state index contributed by atoms with van der Waals surface area (Å²) in [5.74, 6) is 0.815. The number of carbonyl (C=O) groups is 1. The predicted molar refractivity (Wildman–Crippen MR) is 64.5 cm³/mol. The van der Waals surface area contributed by atoms with E-state index in [-0.39, 0.29) is 11.3 Å². The van der Waals surface area contributed by atoms with Gasteiger partial charge in [0.25, 0.3) is 0 Å². The number of carbonyl (C=O) groups excluding carboxylic acids is 1. The molecule has 0 spiro atoms. The van der Waals surface area contributed by atoms with Gasteiger partial charge in [-0.25, -0.2) is 0 Å². The highest BCUT2D eigenvalue weighted by molar-refractivity contribution is 5.75. The zero-order valence-corrected chi connectivity index (χ0v) is 10.8. The Labute approximate surface area is 94.0 Å². The minimum Gasteiger partial charge on any atom is -0.345 e. The smallest absolute Gasteiger partial charge is 0.222 e. The van der Waals surface area contributed by atoms with Crippen molar-refractivity contribution < 1.29 is 4.79 Å². The van der Waals surface area contributed by atoms with E-state index in [1.807, 2.05) is 7.05 Å². The largest absolute Gasteiger partial charge is 0.345 e. The van der Waals surface area contributed by atoms with Crippen molar-refractivity contribution in [2.45, 2.75) is 40.5 Å². The van der Waals surface area contributed by atoms with Crippen LogP contribution in [0.1, 0.15) is 40.5 Å². The molecule has 0 aliphatic heterocycles. The van der Waals surface area contributed by atoms with Gasteiger partial charge in [0, 0.05) is 20.0 Å². The van der Waals surface area contributed by atoms with Crippen molar-refractivity contribution in [2.24, 2.45) is 17.1 Å². The Balaban J connectivity index is 3.99. The summed E-state index contributed by atoms with van der Waals surface area (Å²) >= 11 is 0. The first kappa shape index (κ1) is 14.4. The second kappa shape index (κ2) is 6.11. The van der Waals surface area contributed by atoms with Crippen LogP contribution in [0.15, 0.2) is 0 Å². The molecule has 0 aromatic carbocycles. The van der Waals surface area contributed by atoms with Gasteiger partial charge in [0.2, 0.25) is 5.91 Å². The zero-order chi connectivity index (χ0) is 12.1. The van der Waals surface area contributed by atoms with Gasteiger partial charge < -0.3 is 10.6 Å². The van der Waals surface area contributed by atoms with Gasteiger partial charge in [0.15, 0.2) is 0 Å². The molecule has 90 valence electrons. The minimum atomic E-state index is 0.0161. The fourth-order valence-electron chi connectivity index (χ4n) is 1.40. The van der Waals surface area contributed by atoms with E-state index in [0.717, 1.165) is 13.0 Å². The number of hydrogen-bond acceptors (Lipinski definition) is 2. The van der Waals surface area contributed by atoms with Gasteiger partial charge in [-0.1, -0.05) is 27.7 Å². The Bertz CT molecular complexity index is 200. The average molecular weight is 214 g/mol. The topological polar surface area (TPSA) is 46.3 Å². The van der Waals surface area contributed by atoms with Crippen LogP contribution in [0.25, 0.3) is 0 Å². The summed E-state index contributed by atoms with van der Waals surface area (Å²) in [7, 11) is 1.86. The van der Waals surface area contributed by atoms with Crippen LogP contribution >= 0.6 is 0 Å². The maximum Gasteiger partial charge on any atom is 0.222 e. The second-order valence-electron chi connectivity index (χ2n) is 5.55. The van der Waals surface area contributed by atoms with Crippen LogP contribution in [0.3, 0.4) is 0 Å². The molecule has 0 rings (SSSR count). The summed E-state index contributed by atoms with van der Waals surface area (Å²) in [4.78, 5) is 13.5. The molecule has 3 heteroatoms. The molecule has 0 aliphatic rings. The van der Waals surface area contributed by atoms with Gasteiger partial charge in [0.05, 0.1) is 0 Å². The molecule has 0 atom stereocenters. The maximum absolute atomic E-state index is 11.7. The molecular formula is C12H26N2O. The third-order valence-corrected chi connectivity index (χ3v) is 2.58. The van der Waals surface area contributed by atoms with Crippen LogP contribution in [0.4, 0.5) is 0 Å². The van der Waals surface area contributed by atoms with E-state index < -0.39 is 0 Å². The number of nitrogens with two attached hydrogens (primary N) is 1. The summed E-state index contributed by atoms with van der Waals surface area (Å²) in [5, 5.41) is 0. The Morgan fingerprint density at radius 1 is 1.40 bits per heavy atom. The minimum absolute atomic E-state index is 0.0161. The van der Waals surface area contributed by atoms with Crippen molar-refractivity contribution in [1.82, 2.24) is 4.90 Å². The third-order valence-electron chi connectivity index (χ3n) is 2.58. The lowest BCUT2D eigenvalue weighted by atomic mass is 9.93. The van der Waals surface area contributed by atoms with Crippen molar-refractivity contribution in [1.29, 1.82) is 0 Å². The molecule has 0 unspecified atom stereocenters. The van der Waals surface area contributed by atoms with Crippen molar-refractivity contribution in [2.75, 3.05) is 20.1 Å². The van der Waals surface area contributed by atoms with E-state index in [1.165, 1.54) is 0 Å². The summed E-state index contributed by atoms with van der Waals surface area (Å²) in [6.07, 6.45) is 1.61. The molecule has 0 aromatic rings. The van der Waals surface area contributed by atoms with Gasteiger partial charge in [-0.2, -0.15) is 0 Å². The Kier molecular flexibility index (Phi) is 5.88. The first-order valence-corrected chi connectivity index (χ1v) is 5.72. The summed E-state index contributed by atoms with van der Waals surface area (Å²) in [6, 6.07) is 0. The lowest BCUT2D eigenvalue weighted by molar-refractivity contribution is -0.131. The Morgan fingerprint density at radius 3 is 2.33 bits per heavy atom. The molecule has 0 saturated heterocycles. The van der Waals surface area contributed by atoms with Crippen LogP contribution in [0, 0.1) is 11.3 Å². The van der Waals surface area contributed by atoms with Crippen molar-refractivity contribution in [3.8, 4) is 0 Å². The van der Waals surface area contributed by atoms with E-state index in [2.05, 4.69) is 27.7 Å². The van der Waals surface area contributed by atoms with Crippen molar-refractivity contribution in [3.63, 3.8) is 0 Å². The molecule has 0 radical (unpaired) electrons. The molecular weight excluding hydrogens is 188 g/mol. The Morgan fingerprint density at radius 2 is 1.93 bits per heavy atom. The van der Waals surface area contributed by atoms with Gasteiger partial charge in [0.1, 0.15) is 0 Å². The Hall–Kier alpha value is -0.570. The average Bonchev–Trinajstić information content (AvgIpc) is 2.13. The van der Waals surface area contributed by atoms with E-state index >= 15 is 0 Å². The van der Waals surface area contributed by atoms with Gasteiger partial charge in [-0.15, -0.1) is 0 Å². The quantitative estimate of drug-likeness (QED) is 0.733. The molecule has 2 N–H and O–H groups in total. The molecule has 0 aromatic heterocycles. The highest BCUT2D eigenvalue weighted by atomic mass is 16.2. The van der Waals surface area contributed by atoms with Crippen LogP contribution in [0.5, 0.6) is 0 Å². The summed E-state index contributed by atoms with van der Waals surface area (Å²) in [6.45, 7) is 9.78. The van der Waals surface area contributed by atoms with E-state index in [1.54, 1.807) is 4.90 Å². The molecule has 0 saturated carbocycles. The fourth-order valence-corrected chi connectivity index (χ4v) is 1.40.